The van der Waals surface area contributed by atoms with Crippen molar-refractivity contribution in [2.45, 2.75) is 6.92 Å². The van der Waals surface area contributed by atoms with Gasteiger partial charge >= 0.3 is 0 Å². The molecule has 0 amide bonds. The Balaban J connectivity index is 2.57. The number of halogens is 2. The first-order chi connectivity index (χ1) is 10.1. The second kappa shape index (κ2) is 6.21. The van der Waals surface area contributed by atoms with Gasteiger partial charge < -0.3 is 15.8 Å². The Bertz CT molecular complexity index is 656. The molecule has 2 aromatic carbocycles. The molecule has 6 heteroatoms. The van der Waals surface area contributed by atoms with Crippen LogP contribution in [0.5, 0.6) is 0 Å². The lowest BCUT2D eigenvalue weighted by atomic mass is 10.1. The second-order valence-electron chi connectivity index (χ2n) is 4.34. The summed E-state index contributed by atoms with van der Waals surface area (Å²) < 4.78 is 27.0. The van der Waals surface area contributed by atoms with E-state index in [0.29, 0.717) is 17.9 Å². The Labute approximate surface area is 121 Å². The van der Waals surface area contributed by atoms with Crippen molar-refractivity contribution in [3.8, 4) is 0 Å². The van der Waals surface area contributed by atoms with Crippen LogP contribution in [0.2, 0.25) is 0 Å². The van der Waals surface area contributed by atoms with Gasteiger partial charge in [-0.05, 0) is 43.3 Å². The van der Waals surface area contributed by atoms with Gasteiger partial charge in [-0.1, -0.05) is 11.2 Å². The average Bonchev–Trinajstić information content (AvgIpc) is 2.49. The summed E-state index contributed by atoms with van der Waals surface area (Å²) in [6.07, 6.45) is 0. The Kier molecular flexibility index (Phi) is 4.37. The standard InChI is InChI=1S/C15H15F2N3O/c1-2-20(11-8-6-10(16)7-9-11)13-5-3-4-12(17)14(13)15(18)19-21/h3-9,21H,2H2,1H3,(H2,18,19). The summed E-state index contributed by atoms with van der Waals surface area (Å²) in [7, 11) is 0. The molecule has 0 radical (unpaired) electrons. The van der Waals surface area contributed by atoms with Gasteiger partial charge in [0.05, 0.1) is 11.3 Å². The summed E-state index contributed by atoms with van der Waals surface area (Å²) in [6, 6.07) is 10.2. The summed E-state index contributed by atoms with van der Waals surface area (Å²) >= 11 is 0. The molecule has 0 heterocycles. The number of oxime groups is 1. The van der Waals surface area contributed by atoms with Crippen molar-refractivity contribution in [2.24, 2.45) is 10.9 Å². The van der Waals surface area contributed by atoms with Crippen LogP contribution in [-0.2, 0) is 0 Å². The molecule has 0 spiro atoms. The van der Waals surface area contributed by atoms with Crippen LogP contribution in [0.3, 0.4) is 0 Å². The summed E-state index contributed by atoms with van der Waals surface area (Å²) in [5.74, 6) is -1.27. The van der Waals surface area contributed by atoms with E-state index < -0.39 is 5.82 Å². The first-order valence-corrected chi connectivity index (χ1v) is 6.38. The first-order valence-electron chi connectivity index (χ1n) is 6.38. The third kappa shape index (κ3) is 2.94. The Morgan fingerprint density at radius 2 is 1.86 bits per heavy atom. The Morgan fingerprint density at radius 3 is 2.43 bits per heavy atom. The molecule has 0 aromatic heterocycles. The monoisotopic (exact) mass is 291 g/mol. The lowest BCUT2D eigenvalue weighted by molar-refractivity contribution is 0.318. The van der Waals surface area contributed by atoms with E-state index in [2.05, 4.69) is 5.16 Å². The van der Waals surface area contributed by atoms with E-state index in [1.54, 1.807) is 23.1 Å². The molecular weight excluding hydrogens is 276 g/mol. The molecule has 0 saturated carbocycles. The van der Waals surface area contributed by atoms with Crippen LogP contribution in [0, 0.1) is 11.6 Å². The van der Waals surface area contributed by atoms with Crippen LogP contribution >= 0.6 is 0 Å². The molecule has 0 aliphatic rings. The minimum absolute atomic E-state index is 0.00572. The van der Waals surface area contributed by atoms with Gasteiger partial charge in [0.1, 0.15) is 11.6 Å². The lowest BCUT2D eigenvalue weighted by Crippen LogP contribution is -2.23. The molecule has 0 bridgehead atoms. The lowest BCUT2D eigenvalue weighted by Gasteiger charge is -2.25. The topological polar surface area (TPSA) is 61.8 Å². The minimum atomic E-state index is -0.594. The molecule has 3 N–H and O–H groups in total. The Hall–Kier alpha value is -2.63. The van der Waals surface area contributed by atoms with Crippen molar-refractivity contribution >= 4 is 17.2 Å². The zero-order valence-electron chi connectivity index (χ0n) is 11.4. The molecule has 0 aliphatic heterocycles. The van der Waals surface area contributed by atoms with Crippen LogP contribution in [0.15, 0.2) is 47.6 Å². The van der Waals surface area contributed by atoms with Gasteiger partial charge in [-0.25, -0.2) is 8.78 Å². The maximum atomic E-state index is 14.0. The number of amidine groups is 1. The smallest absolute Gasteiger partial charge is 0.175 e. The average molecular weight is 291 g/mol. The van der Waals surface area contributed by atoms with Gasteiger partial charge in [-0.3, -0.25) is 0 Å². The van der Waals surface area contributed by atoms with Crippen molar-refractivity contribution in [2.75, 3.05) is 11.4 Å². The molecule has 0 saturated heterocycles. The molecule has 4 nitrogen and oxygen atoms in total. The number of nitrogens with two attached hydrogens (primary N) is 1. The second-order valence-corrected chi connectivity index (χ2v) is 4.34. The summed E-state index contributed by atoms with van der Waals surface area (Å²) in [5.41, 5.74) is 6.69. The highest BCUT2D eigenvalue weighted by Gasteiger charge is 2.18. The van der Waals surface area contributed by atoms with Crippen LogP contribution in [0.1, 0.15) is 12.5 Å². The van der Waals surface area contributed by atoms with E-state index >= 15 is 0 Å². The summed E-state index contributed by atoms with van der Waals surface area (Å²) in [5, 5.41) is 11.7. The number of anilines is 2. The van der Waals surface area contributed by atoms with Gasteiger partial charge in [-0.15, -0.1) is 0 Å². The maximum absolute atomic E-state index is 14.0. The number of nitrogens with zero attached hydrogens (tertiary/aromatic N) is 2. The highest BCUT2D eigenvalue weighted by atomic mass is 19.1. The van der Waals surface area contributed by atoms with Crippen molar-refractivity contribution < 1.29 is 14.0 Å². The molecule has 2 aromatic rings. The van der Waals surface area contributed by atoms with E-state index in [0.717, 1.165) is 0 Å². The fourth-order valence-electron chi connectivity index (χ4n) is 2.15. The van der Waals surface area contributed by atoms with Crippen LogP contribution in [-0.4, -0.2) is 17.6 Å². The predicted molar refractivity (Wildman–Crippen MR) is 78.0 cm³/mol. The van der Waals surface area contributed by atoms with Gasteiger partial charge in [0.15, 0.2) is 5.84 Å². The van der Waals surface area contributed by atoms with Crippen molar-refractivity contribution in [3.63, 3.8) is 0 Å². The first kappa shape index (κ1) is 14.8. The minimum Gasteiger partial charge on any atom is -0.409 e. The summed E-state index contributed by atoms with van der Waals surface area (Å²) in [6.45, 7) is 2.37. The molecule has 2 rings (SSSR count). The van der Waals surface area contributed by atoms with E-state index in [1.165, 1.54) is 24.3 Å². The largest absolute Gasteiger partial charge is 0.409 e. The van der Waals surface area contributed by atoms with Crippen LogP contribution in [0.25, 0.3) is 0 Å². The number of rotatable bonds is 4. The predicted octanol–water partition coefficient (Wildman–Crippen LogP) is 3.22. The third-order valence-corrected chi connectivity index (χ3v) is 3.10. The van der Waals surface area contributed by atoms with Gasteiger partial charge in [0.25, 0.3) is 0 Å². The molecule has 0 unspecified atom stereocenters. The van der Waals surface area contributed by atoms with E-state index in [1.807, 2.05) is 6.92 Å². The van der Waals surface area contributed by atoms with E-state index in [4.69, 9.17) is 10.9 Å². The van der Waals surface area contributed by atoms with Crippen molar-refractivity contribution in [3.05, 3.63) is 59.7 Å². The molecule has 0 fully saturated rings. The van der Waals surface area contributed by atoms with E-state index in [-0.39, 0.29) is 17.2 Å². The number of hydrogen-bond acceptors (Lipinski definition) is 3. The van der Waals surface area contributed by atoms with Gasteiger partial charge in [0, 0.05) is 12.2 Å². The fraction of sp³-hybridized carbons (Fsp3) is 0.133. The normalized spacial score (nSPS) is 11.5. The molecular formula is C15H15F2N3O. The quantitative estimate of drug-likeness (QED) is 0.393. The number of benzene rings is 2. The number of hydrogen-bond donors (Lipinski definition) is 2. The van der Waals surface area contributed by atoms with Crippen LogP contribution in [0.4, 0.5) is 20.2 Å². The van der Waals surface area contributed by atoms with Gasteiger partial charge in [-0.2, -0.15) is 0 Å². The zero-order chi connectivity index (χ0) is 15.4. The van der Waals surface area contributed by atoms with E-state index in [9.17, 15) is 8.78 Å². The highest BCUT2D eigenvalue weighted by molar-refractivity contribution is 6.03. The molecule has 0 aliphatic carbocycles. The molecule has 0 atom stereocenters. The van der Waals surface area contributed by atoms with Crippen molar-refractivity contribution in [1.82, 2.24) is 0 Å². The SMILES string of the molecule is CCN(c1ccc(F)cc1)c1cccc(F)c1C(N)=NO. The Morgan fingerprint density at radius 1 is 1.19 bits per heavy atom. The molecule has 21 heavy (non-hydrogen) atoms. The maximum Gasteiger partial charge on any atom is 0.175 e. The highest BCUT2D eigenvalue weighted by Crippen LogP contribution is 2.30. The summed E-state index contributed by atoms with van der Waals surface area (Å²) in [4.78, 5) is 1.75. The molecule has 110 valence electrons. The fourth-order valence-corrected chi connectivity index (χ4v) is 2.15. The van der Waals surface area contributed by atoms with Crippen molar-refractivity contribution in [1.29, 1.82) is 0 Å². The van der Waals surface area contributed by atoms with Gasteiger partial charge in [0.2, 0.25) is 0 Å². The van der Waals surface area contributed by atoms with Crippen LogP contribution < -0.4 is 10.6 Å². The zero-order valence-corrected chi connectivity index (χ0v) is 11.4. The third-order valence-electron chi connectivity index (χ3n) is 3.10.